The Morgan fingerprint density at radius 2 is 2.17 bits per heavy atom. The molecule has 0 bridgehead atoms. The molecule has 2 atom stereocenters. The third kappa shape index (κ3) is 8.03. The summed E-state index contributed by atoms with van der Waals surface area (Å²) in [4.78, 5) is 0. The van der Waals surface area contributed by atoms with Crippen LogP contribution in [-0.4, -0.2) is 52.1 Å². The molecule has 0 aromatic heterocycles. The zero-order valence-electron chi connectivity index (χ0n) is 12.0. The summed E-state index contributed by atoms with van der Waals surface area (Å²) < 4.78 is 10.4. The fourth-order valence-electron chi connectivity index (χ4n) is 2.40. The maximum atomic E-state index is 5.43. The third-order valence-electron chi connectivity index (χ3n) is 3.44. The van der Waals surface area contributed by atoms with Gasteiger partial charge in [-0.15, -0.1) is 0 Å². The third-order valence-corrected chi connectivity index (χ3v) is 3.44. The number of ether oxygens (including phenoxy) is 2. The van der Waals surface area contributed by atoms with Crippen LogP contribution in [0.5, 0.6) is 0 Å². The topological polar surface area (TPSA) is 42.5 Å². The van der Waals surface area contributed by atoms with Crippen molar-refractivity contribution in [3.05, 3.63) is 0 Å². The number of hydrogen-bond donors (Lipinski definition) is 2. The lowest BCUT2D eigenvalue weighted by molar-refractivity contribution is 0.0692. The van der Waals surface area contributed by atoms with Crippen LogP contribution in [0.3, 0.4) is 0 Å². The highest BCUT2D eigenvalue weighted by molar-refractivity contribution is 4.76. The summed E-state index contributed by atoms with van der Waals surface area (Å²) in [7, 11) is 1.70. The summed E-state index contributed by atoms with van der Waals surface area (Å²) >= 11 is 0. The van der Waals surface area contributed by atoms with Crippen molar-refractivity contribution in [1.82, 2.24) is 10.6 Å². The molecule has 1 aliphatic heterocycles. The monoisotopic (exact) mass is 258 g/mol. The van der Waals surface area contributed by atoms with Gasteiger partial charge in [-0.1, -0.05) is 6.42 Å². The molecule has 0 aliphatic carbocycles. The summed E-state index contributed by atoms with van der Waals surface area (Å²) in [5, 5.41) is 7.17. The highest BCUT2D eigenvalue weighted by Gasteiger charge is 2.14. The minimum atomic E-state index is 0.597. The summed E-state index contributed by atoms with van der Waals surface area (Å²) in [5.74, 6) is 0. The summed E-state index contributed by atoms with van der Waals surface area (Å²) in [6.45, 7) is 6.74. The van der Waals surface area contributed by atoms with E-state index in [4.69, 9.17) is 9.47 Å². The molecule has 108 valence electrons. The van der Waals surface area contributed by atoms with Gasteiger partial charge in [0.15, 0.2) is 0 Å². The molecule has 0 saturated carbocycles. The van der Waals surface area contributed by atoms with E-state index in [1.165, 1.54) is 32.2 Å². The van der Waals surface area contributed by atoms with Gasteiger partial charge in [0.1, 0.15) is 0 Å². The molecule has 0 amide bonds. The fraction of sp³-hybridized carbons (Fsp3) is 1.00. The minimum absolute atomic E-state index is 0.597. The molecule has 1 aliphatic rings. The Hall–Kier alpha value is -0.160. The van der Waals surface area contributed by atoms with Gasteiger partial charge in [-0.05, 0) is 45.7 Å². The van der Waals surface area contributed by atoms with Gasteiger partial charge < -0.3 is 20.1 Å². The van der Waals surface area contributed by atoms with Gasteiger partial charge in [-0.25, -0.2) is 0 Å². The standard InChI is InChI=1S/C14H30N2O2/c1-13(12-14-6-3-4-7-16-14)15-8-5-9-18-11-10-17-2/h13-16H,3-12H2,1-2H3. The first kappa shape index (κ1) is 15.9. The van der Waals surface area contributed by atoms with Crippen molar-refractivity contribution in [3.63, 3.8) is 0 Å². The average Bonchev–Trinajstić information content (AvgIpc) is 2.39. The lowest BCUT2D eigenvalue weighted by Crippen LogP contribution is -2.40. The number of methoxy groups -OCH3 is 1. The van der Waals surface area contributed by atoms with Crippen LogP contribution in [0.1, 0.15) is 39.0 Å². The lowest BCUT2D eigenvalue weighted by atomic mass is 9.99. The zero-order chi connectivity index (χ0) is 13.1. The Balaban J connectivity index is 1.88. The molecule has 0 radical (unpaired) electrons. The predicted octanol–water partition coefficient (Wildman–Crippen LogP) is 1.55. The lowest BCUT2D eigenvalue weighted by Gasteiger charge is -2.26. The maximum absolute atomic E-state index is 5.43. The van der Waals surface area contributed by atoms with E-state index in [2.05, 4.69) is 17.6 Å². The first-order valence-electron chi connectivity index (χ1n) is 7.36. The minimum Gasteiger partial charge on any atom is -0.382 e. The van der Waals surface area contributed by atoms with Crippen molar-refractivity contribution < 1.29 is 9.47 Å². The van der Waals surface area contributed by atoms with E-state index < -0.39 is 0 Å². The molecule has 0 spiro atoms. The van der Waals surface area contributed by atoms with Gasteiger partial charge in [0, 0.05) is 25.8 Å². The first-order chi connectivity index (χ1) is 8.83. The molecule has 1 rings (SSSR count). The quantitative estimate of drug-likeness (QED) is 0.584. The molecule has 4 heteroatoms. The largest absolute Gasteiger partial charge is 0.382 e. The van der Waals surface area contributed by atoms with E-state index in [1.54, 1.807) is 7.11 Å². The van der Waals surface area contributed by atoms with Crippen molar-refractivity contribution in [1.29, 1.82) is 0 Å². The van der Waals surface area contributed by atoms with Crippen LogP contribution in [0, 0.1) is 0 Å². The molecule has 1 saturated heterocycles. The second-order valence-electron chi connectivity index (χ2n) is 5.20. The van der Waals surface area contributed by atoms with Crippen LogP contribution in [0.25, 0.3) is 0 Å². The van der Waals surface area contributed by atoms with Gasteiger partial charge in [-0.3, -0.25) is 0 Å². The fourth-order valence-corrected chi connectivity index (χ4v) is 2.40. The van der Waals surface area contributed by atoms with Crippen LogP contribution < -0.4 is 10.6 Å². The SMILES string of the molecule is COCCOCCCNC(C)CC1CCCCN1. The van der Waals surface area contributed by atoms with Crippen molar-refractivity contribution in [2.75, 3.05) is 40.0 Å². The molecule has 2 N–H and O–H groups in total. The second-order valence-corrected chi connectivity index (χ2v) is 5.20. The van der Waals surface area contributed by atoms with E-state index in [-0.39, 0.29) is 0 Å². The molecular weight excluding hydrogens is 228 g/mol. The van der Waals surface area contributed by atoms with Crippen LogP contribution in [0.4, 0.5) is 0 Å². The van der Waals surface area contributed by atoms with Crippen LogP contribution in [-0.2, 0) is 9.47 Å². The normalized spacial score (nSPS) is 22.0. The summed E-state index contributed by atoms with van der Waals surface area (Å²) in [6.07, 6.45) is 6.39. The summed E-state index contributed by atoms with van der Waals surface area (Å²) in [5.41, 5.74) is 0. The van der Waals surface area contributed by atoms with Crippen molar-refractivity contribution in [2.45, 2.75) is 51.1 Å². The molecule has 2 unspecified atom stereocenters. The van der Waals surface area contributed by atoms with Gasteiger partial charge in [0.25, 0.3) is 0 Å². The van der Waals surface area contributed by atoms with E-state index >= 15 is 0 Å². The van der Waals surface area contributed by atoms with E-state index in [1.807, 2.05) is 0 Å². The van der Waals surface area contributed by atoms with Crippen molar-refractivity contribution in [2.24, 2.45) is 0 Å². The molecule has 0 aromatic carbocycles. The number of hydrogen-bond acceptors (Lipinski definition) is 4. The van der Waals surface area contributed by atoms with E-state index in [0.717, 1.165) is 25.6 Å². The zero-order valence-corrected chi connectivity index (χ0v) is 12.0. The Labute approximate surface area is 112 Å². The maximum Gasteiger partial charge on any atom is 0.0700 e. The van der Waals surface area contributed by atoms with Crippen molar-refractivity contribution in [3.8, 4) is 0 Å². The van der Waals surface area contributed by atoms with Gasteiger partial charge in [0.2, 0.25) is 0 Å². The summed E-state index contributed by atoms with van der Waals surface area (Å²) in [6, 6.07) is 1.32. The molecule has 18 heavy (non-hydrogen) atoms. The van der Waals surface area contributed by atoms with Crippen LogP contribution >= 0.6 is 0 Å². The van der Waals surface area contributed by atoms with E-state index in [9.17, 15) is 0 Å². The average molecular weight is 258 g/mol. The Morgan fingerprint density at radius 1 is 1.28 bits per heavy atom. The Bertz CT molecular complexity index is 185. The molecule has 1 fully saturated rings. The van der Waals surface area contributed by atoms with E-state index in [0.29, 0.717) is 19.3 Å². The van der Waals surface area contributed by atoms with Gasteiger partial charge in [-0.2, -0.15) is 0 Å². The molecule has 0 aromatic rings. The molecule has 4 nitrogen and oxygen atoms in total. The second kappa shape index (κ2) is 10.7. The van der Waals surface area contributed by atoms with Gasteiger partial charge in [0.05, 0.1) is 13.2 Å². The number of nitrogens with one attached hydrogen (secondary N) is 2. The molecule has 1 heterocycles. The Kier molecular flexibility index (Phi) is 9.48. The van der Waals surface area contributed by atoms with Crippen LogP contribution in [0.2, 0.25) is 0 Å². The highest BCUT2D eigenvalue weighted by atomic mass is 16.5. The molecular formula is C14H30N2O2. The smallest absolute Gasteiger partial charge is 0.0700 e. The highest BCUT2D eigenvalue weighted by Crippen LogP contribution is 2.11. The number of rotatable bonds is 10. The van der Waals surface area contributed by atoms with Crippen LogP contribution in [0.15, 0.2) is 0 Å². The number of piperidine rings is 1. The van der Waals surface area contributed by atoms with Gasteiger partial charge >= 0.3 is 0 Å². The Morgan fingerprint density at radius 3 is 2.89 bits per heavy atom. The first-order valence-corrected chi connectivity index (χ1v) is 7.36. The van der Waals surface area contributed by atoms with Crippen molar-refractivity contribution >= 4 is 0 Å². The predicted molar refractivity (Wildman–Crippen MR) is 75.0 cm³/mol.